The largest absolute Gasteiger partial charge is 0.478 e. The summed E-state index contributed by atoms with van der Waals surface area (Å²) in [4.78, 5) is 26.5. The lowest BCUT2D eigenvalue weighted by Gasteiger charge is -2.15. The predicted molar refractivity (Wildman–Crippen MR) is 64.6 cm³/mol. The van der Waals surface area contributed by atoms with E-state index in [1.807, 2.05) is 11.5 Å². The van der Waals surface area contributed by atoms with E-state index in [2.05, 4.69) is 4.98 Å². The van der Waals surface area contributed by atoms with Crippen LogP contribution in [0.4, 0.5) is 0 Å². The number of carboxylic acids is 1. The van der Waals surface area contributed by atoms with Crippen molar-refractivity contribution in [2.24, 2.45) is 0 Å². The minimum Gasteiger partial charge on any atom is -0.478 e. The number of hydrogen-bond donors (Lipinski definition) is 1. The highest BCUT2D eigenvalue weighted by molar-refractivity contribution is 5.87. The maximum Gasteiger partial charge on any atom is 0.337 e. The SMILES string of the molecule is CC(Cn1ccnc1)n1cc(C(=O)O)ccc1=O. The van der Waals surface area contributed by atoms with Crippen molar-refractivity contribution in [2.45, 2.75) is 19.5 Å². The lowest BCUT2D eigenvalue weighted by Crippen LogP contribution is -2.25. The number of aromatic carboxylic acids is 1. The van der Waals surface area contributed by atoms with Crippen LogP contribution in [0.5, 0.6) is 0 Å². The Morgan fingerprint density at radius 2 is 2.28 bits per heavy atom. The van der Waals surface area contributed by atoms with Gasteiger partial charge in [-0.1, -0.05) is 0 Å². The molecule has 1 N–H and O–H groups in total. The normalized spacial score (nSPS) is 12.3. The van der Waals surface area contributed by atoms with E-state index in [9.17, 15) is 9.59 Å². The molecular weight excluding hydrogens is 234 g/mol. The number of aromatic nitrogens is 3. The molecule has 0 spiro atoms. The van der Waals surface area contributed by atoms with Crippen LogP contribution in [-0.2, 0) is 6.54 Å². The molecule has 0 fully saturated rings. The van der Waals surface area contributed by atoms with Crippen molar-refractivity contribution in [1.82, 2.24) is 14.1 Å². The zero-order valence-electron chi connectivity index (χ0n) is 9.85. The Labute approximate surface area is 103 Å². The third kappa shape index (κ3) is 2.48. The second-order valence-electron chi connectivity index (χ2n) is 4.08. The van der Waals surface area contributed by atoms with E-state index < -0.39 is 5.97 Å². The van der Waals surface area contributed by atoms with Crippen molar-refractivity contribution in [3.63, 3.8) is 0 Å². The molecule has 94 valence electrons. The molecule has 0 saturated heterocycles. The van der Waals surface area contributed by atoms with Crippen molar-refractivity contribution in [3.8, 4) is 0 Å². The van der Waals surface area contributed by atoms with Gasteiger partial charge in [-0.15, -0.1) is 0 Å². The van der Waals surface area contributed by atoms with Crippen LogP contribution in [0.25, 0.3) is 0 Å². The van der Waals surface area contributed by atoms with Gasteiger partial charge in [0, 0.05) is 31.2 Å². The zero-order valence-corrected chi connectivity index (χ0v) is 9.85. The molecule has 2 heterocycles. The highest BCUT2D eigenvalue weighted by atomic mass is 16.4. The predicted octanol–water partition coefficient (Wildman–Crippen LogP) is 1.00. The van der Waals surface area contributed by atoms with Crippen LogP contribution < -0.4 is 5.56 Å². The van der Waals surface area contributed by atoms with E-state index in [4.69, 9.17) is 5.11 Å². The number of carbonyl (C=O) groups is 1. The van der Waals surface area contributed by atoms with Gasteiger partial charge in [0.05, 0.1) is 17.9 Å². The highest BCUT2D eigenvalue weighted by Gasteiger charge is 2.10. The third-order valence-electron chi connectivity index (χ3n) is 2.69. The minimum absolute atomic E-state index is 0.104. The molecule has 1 unspecified atom stereocenters. The minimum atomic E-state index is -1.04. The monoisotopic (exact) mass is 247 g/mol. The Balaban J connectivity index is 2.29. The standard InChI is InChI=1S/C12H13N3O3/c1-9(6-14-5-4-13-8-14)15-7-10(12(17)18)2-3-11(15)16/h2-5,7-9H,6H2,1H3,(H,17,18). The molecule has 2 rings (SSSR count). The number of nitrogens with zero attached hydrogens (tertiary/aromatic N) is 3. The average molecular weight is 247 g/mol. The zero-order chi connectivity index (χ0) is 13.1. The maximum atomic E-state index is 11.7. The van der Waals surface area contributed by atoms with E-state index in [0.717, 1.165) is 0 Å². The van der Waals surface area contributed by atoms with Gasteiger partial charge >= 0.3 is 5.97 Å². The number of pyridine rings is 1. The third-order valence-corrected chi connectivity index (χ3v) is 2.69. The molecule has 1 atom stereocenters. The summed E-state index contributed by atoms with van der Waals surface area (Å²) in [6.07, 6.45) is 6.47. The number of hydrogen-bond acceptors (Lipinski definition) is 3. The van der Waals surface area contributed by atoms with Crippen molar-refractivity contribution >= 4 is 5.97 Å². The first-order valence-electron chi connectivity index (χ1n) is 5.49. The van der Waals surface area contributed by atoms with Crippen LogP contribution in [0, 0.1) is 0 Å². The summed E-state index contributed by atoms with van der Waals surface area (Å²) in [5, 5.41) is 8.91. The van der Waals surface area contributed by atoms with Crippen LogP contribution in [0.2, 0.25) is 0 Å². The fourth-order valence-corrected chi connectivity index (χ4v) is 1.76. The first kappa shape index (κ1) is 12.1. The molecule has 2 aromatic rings. The topological polar surface area (TPSA) is 77.1 Å². The molecule has 0 aromatic carbocycles. The summed E-state index contributed by atoms with van der Waals surface area (Å²) in [6.45, 7) is 2.41. The Bertz CT molecular complexity index is 601. The molecule has 0 aliphatic carbocycles. The molecule has 6 heteroatoms. The molecule has 2 aromatic heterocycles. The number of carboxylic acid groups (broad SMARTS) is 1. The first-order valence-corrected chi connectivity index (χ1v) is 5.49. The van der Waals surface area contributed by atoms with Crippen LogP contribution in [0.15, 0.2) is 41.8 Å². The van der Waals surface area contributed by atoms with Gasteiger partial charge in [0.15, 0.2) is 0 Å². The highest BCUT2D eigenvalue weighted by Crippen LogP contribution is 2.07. The van der Waals surface area contributed by atoms with Crippen molar-refractivity contribution in [1.29, 1.82) is 0 Å². The molecule has 0 aliphatic rings. The summed E-state index contributed by atoms with van der Waals surface area (Å²) < 4.78 is 3.26. The van der Waals surface area contributed by atoms with Gasteiger partial charge in [-0.25, -0.2) is 9.78 Å². The van der Waals surface area contributed by atoms with Gasteiger partial charge < -0.3 is 14.2 Å². The van der Waals surface area contributed by atoms with Gasteiger partial charge in [0.2, 0.25) is 0 Å². The Hall–Kier alpha value is -2.37. The van der Waals surface area contributed by atoms with E-state index >= 15 is 0 Å². The number of rotatable bonds is 4. The van der Waals surface area contributed by atoms with E-state index in [1.54, 1.807) is 18.7 Å². The Morgan fingerprint density at radius 3 is 2.89 bits per heavy atom. The summed E-state index contributed by atoms with van der Waals surface area (Å²) in [5.74, 6) is -1.04. The van der Waals surface area contributed by atoms with E-state index in [1.165, 1.54) is 22.9 Å². The van der Waals surface area contributed by atoms with Gasteiger partial charge in [-0.05, 0) is 13.0 Å². The lowest BCUT2D eigenvalue weighted by molar-refractivity contribution is 0.0695. The molecular formula is C12H13N3O3. The molecule has 18 heavy (non-hydrogen) atoms. The molecule has 0 saturated carbocycles. The molecule has 0 aliphatic heterocycles. The van der Waals surface area contributed by atoms with Crippen molar-refractivity contribution in [3.05, 3.63) is 53.0 Å². The first-order chi connectivity index (χ1) is 8.58. The fraction of sp³-hybridized carbons (Fsp3) is 0.250. The second-order valence-corrected chi connectivity index (χ2v) is 4.08. The Kier molecular flexibility index (Phi) is 3.27. The summed E-state index contributed by atoms with van der Waals surface area (Å²) in [7, 11) is 0. The molecule has 0 amide bonds. The average Bonchev–Trinajstić information content (AvgIpc) is 2.81. The van der Waals surface area contributed by atoms with Gasteiger partial charge in [-0.2, -0.15) is 0 Å². The summed E-state index contributed by atoms with van der Waals surface area (Å²) in [5.41, 5.74) is -0.111. The Morgan fingerprint density at radius 1 is 1.50 bits per heavy atom. The van der Waals surface area contributed by atoms with E-state index in [-0.39, 0.29) is 17.2 Å². The van der Waals surface area contributed by atoms with Crippen LogP contribution in [0.1, 0.15) is 23.3 Å². The molecule has 0 bridgehead atoms. The lowest BCUT2D eigenvalue weighted by atomic mass is 10.2. The van der Waals surface area contributed by atoms with Crippen LogP contribution in [0.3, 0.4) is 0 Å². The molecule has 6 nitrogen and oxygen atoms in total. The van der Waals surface area contributed by atoms with Crippen LogP contribution >= 0.6 is 0 Å². The number of imidazole rings is 1. The fourth-order valence-electron chi connectivity index (χ4n) is 1.76. The summed E-state index contributed by atoms with van der Waals surface area (Å²) in [6, 6.07) is 2.44. The van der Waals surface area contributed by atoms with Gasteiger partial charge in [0.1, 0.15) is 0 Å². The van der Waals surface area contributed by atoms with Gasteiger partial charge in [-0.3, -0.25) is 4.79 Å². The van der Waals surface area contributed by atoms with Crippen LogP contribution in [-0.4, -0.2) is 25.2 Å². The van der Waals surface area contributed by atoms with Crippen molar-refractivity contribution in [2.75, 3.05) is 0 Å². The summed E-state index contributed by atoms with van der Waals surface area (Å²) >= 11 is 0. The van der Waals surface area contributed by atoms with Gasteiger partial charge in [0.25, 0.3) is 5.56 Å². The van der Waals surface area contributed by atoms with Crippen molar-refractivity contribution < 1.29 is 9.90 Å². The molecule has 0 radical (unpaired) electrons. The van der Waals surface area contributed by atoms with E-state index in [0.29, 0.717) is 6.54 Å². The smallest absolute Gasteiger partial charge is 0.337 e. The second kappa shape index (κ2) is 4.87. The maximum absolute atomic E-state index is 11.7. The quantitative estimate of drug-likeness (QED) is 0.874.